The lowest BCUT2D eigenvalue weighted by Crippen LogP contribution is -2.46. The minimum atomic E-state index is -5.54. The molecule has 0 radical (unpaired) electrons. The van der Waals surface area contributed by atoms with Crippen LogP contribution in [0.25, 0.3) is 0 Å². The molecule has 0 aliphatic carbocycles. The molecule has 0 aliphatic heterocycles. The smallest absolute Gasteiger partial charge is 0.351 e. The summed E-state index contributed by atoms with van der Waals surface area (Å²) in [7, 11) is 0. The summed E-state index contributed by atoms with van der Waals surface area (Å²) in [6.45, 7) is 1.28. The first-order valence-corrected chi connectivity index (χ1v) is 6.04. The van der Waals surface area contributed by atoms with Crippen LogP contribution in [0.2, 0.25) is 0 Å². The number of halogens is 6. The number of thiophene rings is 1. The Bertz CT molecular complexity index is 372. The second-order valence-electron chi connectivity index (χ2n) is 3.94. The summed E-state index contributed by atoms with van der Waals surface area (Å²) >= 11 is 1.13. The molecule has 0 aromatic carbocycles. The summed E-state index contributed by atoms with van der Waals surface area (Å²) in [6.07, 6.45) is -16.4. The quantitative estimate of drug-likeness (QED) is 0.862. The SMILES string of the molecule is CC(N)C(OC(C(F)(F)F)C(F)(F)F)c1ccsc1. The van der Waals surface area contributed by atoms with E-state index in [9.17, 15) is 26.3 Å². The Labute approximate surface area is 109 Å². The molecular weight excluding hydrogens is 296 g/mol. The van der Waals surface area contributed by atoms with Gasteiger partial charge in [0.2, 0.25) is 6.10 Å². The standard InChI is InChI=1S/C10H11F6NOS/c1-5(17)7(6-2-3-19-4-6)18-8(9(11,12)13)10(14,15)16/h2-5,7-8H,17H2,1H3. The van der Waals surface area contributed by atoms with Gasteiger partial charge in [0.25, 0.3) is 0 Å². The molecule has 0 fully saturated rings. The lowest BCUT2D eigenvalue weighted by molar-refractivity contribution is -0.332. The van der Waals surface area contributed by atoms with Crippen molar-refractivity contribution in [2.75, 3.05) is 0 Å². The summed E-state index contributed by atoms with van der Waals surface area (Å²) in [4.78, 5) is 0. The molecule has 0 bridgehead atoms. The zero-order chi connectivity index (χ0) is 14.8. The van der Waals surface area contributed by atoms with Gasteiger partial charge in [-0.2, -0.15) is 37.7 Å². The maximum absolute atomic E-state index is 12.4. The van der Waals surface area contributed by atoms with Crippen molar-refractivity contribution in [2.45, 2.75) is 37.5 Å². The lowest BCUT2D eigenvalue weighted by Gasteiger charge is -2.29. The Hall–Kier alpha value is -0.800. The molecule has 19 heavy (non-hydrogen) atoms. The molecule has 1 rings (SSSR count). The van der Waals surface area contributed by atoms with Gasteiger partial charge < -0.3 is 10.5 Å². The van der Waals surface area contributed by atoms with Gasteiger partial charge in [0, 0.05) is 6.04 Å². The van der Waals surface area contributed by atoms with Gasteiger partial charge in [-0.25, -0.2) is 0 Å². The van der Waals surface area contributed by atoms with Gasteiger partial charge in [-0.05, 0) is 29.3 Å². The van der Waals surface area contributed by atoms with Gasteiger partial charge in [0.05, 0.1) is 6.10 Å². The Morgan fingerprint density at radius 1 is 1.16 bits per heavy atom. The van der Waals surface area contributed by atoms with Crippen LogP contribution in [0.5, 0.6) is 0 Å². The molecule has 0 saturated heterocycles. The van der Waals surface area contributed by atoms with Crippen molar-refractivity contribution in [1.29, 1.82) is 0 Å². The average molecular weight is 307 g/mol. The molecule has 2 N–H and O–H groups in total. The molecule has 9 heteroatoms. The van der Waals surface area contributed by atoms with Gasteiger partial charge in [-0.1, -0.05) is 0 Å². The fraction of sp³-hybridized carbons (Fsp3) is 0.600. The van der Waals surface area contributed by atoms with Gasteiger partial charge in [-0.3, -0.25) is 0 Å². The maximum atomic E-state index is 12.4. The molecule has 0 saturated carbocycles. The van der Waals surface area contributed by atoms with Crippen molar-refractivity contribution in [1.82, 2.24) is 0 Å². The van der Waals surface area contributed by atoms with Crippen LogP contribution in [0, 0.1) is 0 Å². The van der Waals surface area contributed by atoms with E-state index in [1.165, 1.54) is 23.8 Å². The highest BCUT2D eigenvalue weighted by Gasteiger charge is 2.59. The van der Waals surface area contributed by atoms with Crippen LogP contribution in [0.3, 0.4) is 0 Å². The van der Waals surface area contributed by atoms with Crippen molar-refractivity contribution >= 4 is 11.3 Å². The number of alkyl halides is 6. The Balaban J connectivity index is 2.99. The fourth-order valence-corrected chi connectivity index (χ4v) is 2.11. The second kappa shape index (κ2) is 5.68. The number of hydrogen-bond donors (Lipinski definition) is 1. The topological polar surface area (TPSA) is 35.2 Å². The van der Waals surface area contributed by atoms with Crippen LogP contribution in [0.1, 0.15) is 18.6 Å². The second-order valence-corrected chi connectivity index (χ2v) is 4.72. The van der Waals surface area contributed by atoms with Crippen LogP contribution >= 0.6 is 11.3 Å². The molecule has 1 heterocycles. The summed E-state index contributed by atoms with van der Waals surface area (Å²) in [6, 6.07) is 0.365. The number of ether oxygens (including phenoxy) is 1. The molecule has 0 amide bonds. The first-order valence-electron chi connectivity index (χ1n) is 5.10. The average Bonchev–Trinajstić information content (AvgIpc) is 2.66. The van der Waals surface area contributed by atoms with Crippen molar-refractivity contribution < 1.29 is 31.1 Å². The van der Waals surface area contributed by atoms with E-state index in [-0.39, 0.29) is 5.56 Å². The lowest BCUT2D eigenvalue weighted by atomic mass is 10.1. The first-order chi connectivity index (χ1) is 8.53. The van der Waals surface area contributed by atoms with E-state index in [4.69, 9.17) is 5.73 Å². The maximum Gasteiger partial charge on any atom is 0.423 e. The summed E-state index contributed by atoms with van der Waals surface area (Å²) in [5, 5.41) is 2.92. The molecule has 2 unspecified atom stereocenters. The monoisotopic (exact) mass is 307 g/mol. The van der Waals surface area contributed by atoms with Crippen LogP contribution in [-0.2, 0) is 4.74 Å². The highest BCUT2D eigenvalue weighted by Crippen LogP contribution is 2.39. The first kappa shape index (κ1) is 16.3. The summed E-state index contributed by atoms with van der Waals surface area (Å²) < 4.78 is 78.6. The minimum absolute atomic E-state index is 0.193. The molecule has 0 aliphatic rings. The largest absolute Gasteiger partial charge is 0.423 e. The van der Waals surface area contributed by atoms with E-state index in [0.717, 1.165) is 11.3 Å². The highest BCUT2D eigenvalue weighted by molar-refractivity contribution is 7.07. The predicted molar refractivity (Wildman–Crippen MR) is 57.7 cm³/mol. The van der Waals surface area contributed by atoms with E-state index in [1.54, 1.807) is 0 Å². The number of hydrogen-bond acceptors (Lipinski definition) is 3. The van der Waals surface area contributed by atoms with Crippen LogP contribution in [0.4, 0.5) is 26.3 Å². The van der Waals surface area contributed by atoms with Crippen molar-refractivity contribution in [3.63, 3.8) is 0 Å². The number of nitrogens with two attached hydrogens (primary N) is 1. The summed E-state index contributed by atoms with van der Waals surface area (Å²) in [5.41, 5.74) is 5.60. The highest BCUT2D eigenvalue weighted by atomic mass is 32.1. The van der Waals surface area contributed by atoms with Gasteiger partial charge >= 0.3 is 12.4 Å². The predicted octanol–water partition coefficient (Wildman–Crippen LogP) is 3.65. The summed E-state index contributed by atoms with van der Waals surface area (Å²) in [5.74, 6) is 0. The normalized spacial score (nSPS) is 16.7. The Kier molecular flexibility index (Phi) is 4.86. The molecule has 0 spiro atoms. The third kappa shape index (κ3) is 4.36. The van der Waals surface area contributed by atoms with Crippen molar-refractivity contribution in [3.8, 4) is 0 Å². The van der Waals surface area contributed by atoms with Crippen LogP contribution < -0.4 is 5.73 Å². The Morgan fingerprint density at radius 2 is 1.68 bits per heavy atom. The van der Waals surface area contributed by atoms with E-state index >= 15 is 0 Å². The van der Waals surface area contributed by atoms with Crippen molar-refractivity contribution in [2.24, 2.45) is 5.73 Å². The van der Waals surface area contributed by atoms with Crippen molar-refractivity contribution in [3.05, 3.63) is 22.4 Å². The van der Waals surface area contributed by atoms with Gasteiger partial charge in [0.15, 0.2) is 0 Å². The van der Waals surface area contributed by atoms with E-state index in [2.05, 4.69) is 4.74 Å². The zero-order valence-electron chi connectivity index (χ0n) is 9.63. The van der Waals surface area contributed by atoms with Crippen LogP contribution in [0.15, 0.2) is 16.8 Å². The van der Waals surface area contributed by atoms with Crippen LogP contribution in [-0.4, -0.2) is 24.5 Å². The van der Waals surface area contributed by atoms with Gasteiger partial charge in [0.1, 0.15) is 0 Å². The molecular formula is C10H11F6NOS. The molecule has 2 atom stereocenters. The third-order valence-corrected chi connectivity index (χ3v) is 2.93. The minimum Gasteiger partial charge on any atom is -0.351 e. The molecule has 110 valence electrons. The zero-order valence-corrected chi connectivity index (χ0v) is 10.4. The van der Waals surface area contributed by atoms with E-state index in [1.807, 2.05) is 0 Å². The fourth-order valence-electron chi connectivity index (χ4n) is 1.43. The third-order valence-electron chi connectivity index (χ3n) is 2.23. The van der Waals surface area contributed by atoms with E-state index < -0.39 is 30.6 Å². The molecule has 1 aromatic heterocycles. The Morgan fingerprint density at radius 3 is 2.00 bits per heavy atom. The van der Waals surface area contributed by atoms with Gasteiger partial charge in [-0.15, -0.1) is 0 Å². The number of rotatable bonds is 4. The molecule has 1 aromatic rings. The molecule has 2 nitrogen and oxygen atoms in total. The van der Waals surface area contributed by atoms with E-state index in [0.29, 0.717) is 0 Å².